The van der Waals surface area contributed by atoms with Crippen molar-refractivity contribution in [2.45, 2.75) is 6.92 Å². The number of halogens is 1. The number of nitrogen functional groups attached to an aromatic ring is 1. The second-order valence-electron chi connectivity index (χ2n) is 3.64. The molecule has 0 amide bonds. The fraction of sp³-hybridized carbons (Fsp3) is 0.167. The van der Waals surface area contributed by atoms with Gasteiger partial charge in [-0.2, -0.15) is 0 Å². The van der Waals surface area contributed by atoms with E-state index in [2.05, 4.69) is 4.98 Å². The summed E-state index contributed by atoms with van der Waals surface area (Å²) in [7, 11) is 1.46. The van der Waals surface area contributed by atoms with Gasteiger partial charge >= 0.3 is 0 Å². The lowest BCUT2D eigenvalue weighted by molar-refractivity contribution is 0.383. The van der Waals surface area contributed by atoms with E-state index < -0.39 is 0 Å². The normalized spacial score (nSPS) is 10.4. The maximum Gasteiger partial charge on any atom is 0.165 e. The maximum atomic E-state index is 13.6. The number of aryl methyl sites for hydroxylation is 1. The van der Waals surface area contributed by atoms with Crippen molar-refractivity contribution in [2.24, 2.45) is 0 Å². The van der Waals surface area contributed by atoms with Crippen molar-refractivity contribution in [3.63, 3.8) is 0 Å². The average molecular weight is 220 g/mol. The molecule has 0 saturated heterocycles. The second-order valence-corrected chi connectivity index (χ2v) is 3.64. The fourth-order valence-electron chi connectivity index (χ4n) is 1.73. The molecule has 4 heteroatoms. The van der Waals surface area contributed by atoms with Crippen molar-refractivity contribution in [3.8, 4) is 17.0 Å². The first-order valence-electron chi connectivity index (χ1n) is 4.91. The minimum absolute atomic E-state index is 0.281. The van der Waals surface area contributed by atoms with E-state index in [4.69, 9.17) is 10.5 Å². The van der Waals surface area contributed by atoms with Gasteiger partial charge in [0.15, 0.2) is 11.6 Å². The molecule has 3 nitrogen and oxygen atoms in total. The SMILES string of the molecule is COc1c(C)cc(-c2ccc(N)[nH]2)cc1F. The Kier molecular flexibility index (Phi) is 2.56. The van der Waals surface area contributed by atoms with Crippen LogP contribution in [0.2, 0.25) is 0 Å². The number of aromatic nitrogens is 1. The Hall–Kier alpha value is -1.97. The molecule has 0 aliphatic carbocycles. The first-order chi connectivity index (χ1) is 7.61. The molecule has 2 aromatic rings. The van der Waals surface area contributed by atoms with Gasteiger partial charge in [-0.1, -0.05) is 0 Å². The standard InChI is InChI=1S/C12H13FN2O/c1-7-5-8(6-9(13)12(7)16-2)10-3-4-11(14)15-10/h3-6,15H,14H2,1-2H3. The molecule has 16 heavy (non-hydrogen) atoms. The molecule has 0 radical (unpaired) electrons. The molecule has 3 N–H and O–H groups in total. The topological polar surface area (TPSA) is 51.0 Å². The van der Waals surface area contributed by atoms with Gasteiger partial charge in [0.2, 0.25) is 0 Å². The molecule has 0 fully saturated rings. The van der Waals surface area contributed by atoms with Crippen molar-refractivity contribution in [3.05, 3.63) is 35.6 Å². The van der Waals surface area contributed by atoms with Crippen LogP contribution in [0.1, 0.15) is 5.56 Å². The van der Waals surface area contributed by atoms with Crippen molar-refractivity contribution in [1.82, 2.24) is 4.98 Å². The highest BCUT2D eigenvalue weighted by atomic mass is 19.1. The molecule has 2 rings (SSSR count). The highest BCUT2D eigenvalue weighted by molar-refractivity contribution is 5.64. The Balaban J connectivity index is 2.52. The van der Waals surface area contributed by atoms with Crippen LogP contribution in [0.4, 0.5) is 10.2 Å². The molecule has 0 atom stereocenters. The summed E-state index contributed by atoms with van der Waals surface area (Å²) in [5.41, 5.74) is 7.88. The number of nitrogens with two attached hydrogens (primary N) is 1. The highest BCUT2D eigenvalue weighted by Gasteiger charge is 2.10. The summed E-state index contributed by atoms with van der Waals surface area (Å²) in [6.07, 6.45) is 0. The van der Waals surface area contributed by atoms with E-state index >= 15 is 0 Å². The van der Waals surface area contributed by atoms with E-state index in [0.29, 0.717) is 5.82 Å². The number of aromatic amines is 1. The van der Waals surface area contributed by atoms with Crippen LogP contribution in [0.25, 0.3) is 11.3 Å². The van der Waals surface area contributed by atoms with E-state index in [1.165, 1.54) is 13.2 Å². The molecule has 1 aromatic heterocycles. The fourth-order valence-corrected chi connectivity index (χ4v) is 1.73. The Labute approximate surface area is 93.0 Å². The van der Waals surface area contributed by atoms with Gasteiger partial charge in [0.05, 0.1) is 7.11 Å². The molecule has 0 unspecified atom stereocenters. The van der Waals surface area contributed by atoms with Gasteiger partial charge in [-0.15, -0.1) is 0 Å². The highest BCUT2D eigenvalue weighted by Crippen LogP contribution is 2.29. The molecule has 1 aromatic carbocycles. The average Bonchev–Trinajstić information content (AvgIpc) is 2.64. The zero-order valence-electron chi connectivity index (χ0n) is 9.17. The quantitative estimate of drug-likeness (QED) is 0.817. The van der Waals surface area contributed by atoms with E-state index in [1.54, 1.807) is 13.0 Å². The predicted octanol–water partition coefficient (Wildman–Crippen LogP) is 2.72. The van der Waals surface area contributed by atoms with Gasteiger partial charge in [0.25, 0.3) is 0 Å². The molecule has 0 aliphatic heterocycles. The Morgan fingerprint density at radius 1 is 1.31 bits per heavy atom. The van der Waals surface area contributed by atoms with E-state index in [1.807, 2.05) is 12.1 Å². The van der Waals surface area contributed by atoms with Gasteiger partial charge < -0.3 is 15.5 Å². The second kappa shape index (κ2) is 3.89. The Morgan fingerprint density at radius 2 is 2.06 bits per heavy atom. The van der Waals surface area contributed by atoms with Crippen molar-refractivity contribution in [1.29, 1.82) is 0 Å². The van der Waals surface area contributed by atoms with Gasteiger partial charge in [0, 0.05) is 11.3 Å². The lowest BCUT2D eigenvalue weighted by Gasteiger charge is -2.08. The van der Waals surface area contributed by atoms with Gasteiger partial charge in [-0.25, -0.2) is 4.39 Å². The van der Waals surface area contributed by atoms with Crippen LogP contribution in [-0.4, -0.2) is 12.1 Å². The number of anilines is 1. The van der Waals surface area contributed by atoms with Crippen LogP contribution in [0.3, 0.4) is 0 Å². The van der Waals surface area contributed by atoms with E-state index in [-0.39, 0.29) is 11.6 Å². The zero-order valence-corrected chi connectivity index (χ0v) is 9.17. The third-order valence-electron chi connectivity index (χ3n) is 2.45. The van der Waals surface area contributed by atoms with Crippen molar-refractivity contribution in [2.75, 3.05) is 12.8 Å². The van der Waals surface area contributed by atoms with Crippen LogP contribution >= 0.6 is 0 Å². The van der Waals surface area contributed by atoms with Crippen LogP contribution in [0.5, 0.6) is 5.75 Å². The van der Waals surface area contributed by atoms with Crippen LogP contribution in [0, 0.1) is 12.7 Å². The number of hydrogen-bond donors (Lipinski definition) is 2. The molecule has 84 valence electrons. The van der Waals surface area contributed by atoms with Gasteiger partial charge in [0.1, 0.15) is 5.82 Å². The zero-order chi connectivity index (χ0) is 11.7. The van der Waals surface area contributed by atoms with Gasteiger partial charge in [-0.3, -0.25) is 0 Å². The summed E-state index contributed by atoms with van der Waals surface area (Å²) < 4.78 is 18.6. The number of rotatable bonds is 2. The third kappa shape index (κ3) is 1.74. The van der Waals surface area contributed by atoms with Crippen LogP contribution < -0.4 is 10.5 Å². The summed E-state index contributed by atoms with van der Waals surface area (Å²) in [4.78, 5) is 2.95. The maximum absolute atomic E-state index is 13.6. The summed E-state index contributed by atoms with van der Waals surface area (Å²) in [5.74, 6) is 0.470. The largest absolute Gasteiger partial charge is 0.493 e. The van der Waals surface area contributed by atoms with Crippen molar-refractivity contribution < 1.29 is 9.13 Å². The third-order valence-corrected chi connectivity index (χ3v) is 2.45. The summed E-state index contributed by atoms with van der Waals surface area (Å²) >= 11 is 0. The smallest absolute Gasteiger partial charge is 0.165 e. The molecule has 0 aliphatic rings. The van der Waals surface area contributed by atoms with Gasteiger partial charge in [-0.05, 0) is 36.8 Å². The number of benzene rings is 1. The molecular formula is C12H13FN2O. The molecule has 0 spiro atoms. The monoisotopic (exact) mass is 220 g/mol. The minimum Gasteiger partial charge on any atom is -0.493 e. The first kappa shape index (κ1) is 10.5. The summed E-state index contributed by atoms with van der Waals surface area (Å²) in [6, 6.07) is 6.84. The lowest BCUT2D eigenvalue weighted by atomic mass is 10.1. The van der Waals surface area contributed by atoms with Crippen LogP contribution in [0.15, 0.2) is 24.3 Å². The number of hydrogen-bond acceptors (Lipinski definition) is 2. The molecule has 0 bridgehead atoms. The molecule has 1 heterocycles. The van der Waals surface area contributed by atoms with Crippen LogP contribution in [-0.2, 0) is 0 Å². The minimum atomic E-state index is -0.370. The number of nitrogens with one attached hydrogen (secondary N) is 1. The molecular weight excluding hydrogens is 207 g/mol. The van der Waals surface area contributed by atoms with E-state index in [0.717, 1.165) is 16.8 Å². The number of H-pyrrole nitrogens is 1. The lowest BCUT2D eigenvalue weighted by Crippen LogP contribution is -1.93. The number of ether oxygens (including phenoxy) is 1. The van der Waals surface area contributed by atoms with E-state index in [9.17, 15) is 4.39 Å². The summed E-state index contributed by atoms with van der Waals surface area (Å²) in [6.45, 7) is 1.80. The Morgan fingerprint density at radius 3 is 2.56 bits per heavy atom. The number of methoxy groups -OCH3 is 1. The van der Waals surface area contributed by atoms with Crippen molar-refractivity contribution >= 4 is 5.82 Å². The Bertz CT molecular complexity index is 496. The predicted molar refractivity (Wildman–Crippen MR) is 61.9 cm³/mol. The summed E-state index contributed by atoms with van der Waals surface area (Å²) in [5, 5.41) is 0. The molecule has 0 saturated carbocycles. The first-order valence-corrected chi connectivity index (χ1v) is 4.91.